The molecule has 1 aromatic carbocycles. The van der Waals surface area contributed by atoms with Gasteiger partial charge in [-0.25, -0.2) is 4.39 Å². The van der Waals surface area contributed by atoms with Gasteiger partial charge < -0.3 is 4.57 Å². The van der Waals surface area contributed by atoms with E-state index in [0.717, 1.165) is 37.3 Å². The van der Waals surface area contributed by atoms with Gasteiger partial charge >= 0.3 is 0 Å². The summed E-state index contributed by atoms with van der Waals surface area (Å²) in [5.41, 5.74) is 1.32. The fourth-order valence-corrected chi connectivity index (χ4v) is 3.63. The minimum atomic E-state index is -0.286. The third-order valence-corrected chi connectivity index (χ3v) is 4.99. The lowest BCUT2D eigenvalue weighted by Crippen LogP contribution is -2.35. The summed E-state index contributed by atoms with van der Waals surface area (Å²) in [7, 11) is 0. The highest BCUT2D eigenvalue weighted by atomic mass is 19.1. The maximum Gasteiger partial charge on any atom is 0.137 e. The van der Waals surface area contributed by atoms with Gasteiger partial charge in [-0.05, 0) is 56.0 Å². The van der Waals surface area contributed by atoms with Crippen molar-refractivity contribution < 1.29 is 4.39 Å². The van der Waals surface area contributed by atoms with Crippen molar-refractivity contribution in [2.45, 2.75) is 44.2 Å². The third-order valence-electron chi connectivity index (χ3n) is 4.99. The van der Waals surface area contributed by atoms with Gasteiger partial charge in [-0.15, -0.1) is 10.2 Å². The highest BCUT2D eigenvalue weighted by molar-refractivity contribution is 5.37. The largest absolute Gasteiger partial charge is 0.314 e. The fraction of sp³-hybridized carbons (Fsp3) is 0.500. The van der Waals surface area contributed by atoms with Crippen LogP contribution >= 0.6 is 0 Å². The van der Waals surface area contributed by atoms with Crippen molar-refractivity contribution in [2.75, 3.05) is 13.1 Å². The molecule has 1 aromatic heterocycles. The molecule has 5 nitrogen and oxygen atoms in total. The van der Waals surface area contributed by atoms with E-state index in [-0.39, 0.29) is 5.82 Å². The van der Waals surface area contributed by atoms with Gasteiger partial charge in [0.1, 0.15) is 18.0 Å². The van der Waals surface area contributed by atoms with Crippen molar-refractivity contribution in [2.24, 2.45) is 0 Å². The summed E-state index contributed by atoms with van der Waals surface area (Å²) in [4.78, 5) is 2.30. The molecule has 1 aliphatic heterocycles. The zero-order valence-electron chi connectivity index (χ0n) is 13.5. The Balaban J connectivity index is 1.50. The van der Waals surface area contributed by atoms with Crippen LogP contribution in [0.15, 0.2) is 24.5 Å². The third kappa shape index (κ3) is 3.04. The topological polar surface area (TPSA) is 57.7 Å². The Bertz CT molecular complexity index is 774. The van der Waals surface area contributed by atoms with Gasteiger partial charge in [0.15, 0.2) is 0 Å². The first-order chi connectivity index (χ1) is 11.7. The first-order valence-corrected chi connectivity index (χ1v) is 8.55. The van der Waals surface area contributed by atoms with Crippen LogP contribution in [-0.4, -0.2) is 32.8 Å². The highest BCUT2D eigenvalue weighted by Gasteiger charge is 2.31. The quantitative estimate of drug-likeness (QED) is 0.867. The molecule has 0 bridgehead atoms. The van der Waals surface area contributed by atoms with E-state index in [1.54, 1.807) is 6.07 Å². The summed E-state index contributed by atoms with van der Waals surface area (Å²) in [5.74, 6) is 1.16. The first-order valence-electron chi connectivity index (χ1n) is 8.55. The summed E-state index contributed by atoms with van der Waals surface area (Å²) >= 11 is 0. The van der Waals surface area contributed by atoms with Crippen molar-refractivity contribution in [1.29, 1.82) is 5.26 Å². The molecule has 0 amide bonds. The number of halogens is 1. The molecule has 2 heterocycles. The van der Waals surface area contributed by atoms with Gasteiger partial charge in [0, 0.05) is 25.0 Å². The first kappa shape index (κ1) is 15.3. The van der Waals surface area contributed by atoms with Gasteiger partial charge in [0.2, 0.25) is 0 Å². The Labute approximate surface area is 140 Å². The number of hydrogen-bond acceptors (Lipinski definition) is 4. The lowest BCUT2D eigenvalue weighted by Gasteiger charge is -2.32. The predicted octanol–water partition coefficient (Wildman–Crippen LogP) is 3.00. The number of piperidine rings is 1. The Hall–Kier alpha value is -2.26. The summed E-state index contributed by atoms with van der Waals surface area (Å²) in [5, 5.41) is 17.7. The van der Waals surface area contributed by atoms with Crippen LogP contribution in [0.5, 0.6) is 0 Å². The molecule has 0 N–H and O–H groups in total. The van der Waals surface area contributed by atoms with Crippen molar-refractivity contribution in [1.82, 2.24) is 19.7 Å². The van der Waals surface area contributed by atoms with Crippen LogP contribution in [0, 0.1) is 17.1 Å². The Kier molecular flexibility index (Phi) is 4.03. The van der Waals surface area contributed by atoms with E-state index < -0.39 is 0 Å². The maximum absolute atomic E-state index is 13.5. The van der Waals surface area contributed by atoms with Gasteiger partial charge in [-0.1, -0.05) is 0 Å². The summed E-state index contributed by atoms with van der Waals surface area (Å²) in [6, 6.07) is 7.14. The molecule has 124 valence electrons. The van der Waals surface area contributed by atoms with Crippen molar-refractivity contribution in [3.8, 4) is 6.07 Å². The molecule has 1 saturated heterocycles. The lowest BCUT2D eigenvalue weighted by molar-refractivity contribution is 0.194. The highest BCUT2D eigenvalue weighted by Crippen LogP contribution is 2.38. The van der Waals surface area contributed by atoms with E-state index in [9.17, 15) is 9.65 Å². The normalized spacial score (nSPS) is 21.6. The number of likely N-dealkylation sites (tertiary alicyclic amines) is 1. The molecule has 1 saturated carbocycles. The van der Waals surface area contributed by atoms with Crippen LogP contribution in [0.25, 0.3) is 0 Å². The summed E-state index contributed by atoms with van der Waals surface area (Å²) in [6.45, 7) is 2.46. The molecule has 6 heteroatoms. The van der Waals surface area contributed by atoms with Crippen LogP contribution in [0.1, 0.15) is 54.6 Å². The van der Waals surface area contributed by atoms with E-state index in [1.165, 1.54) is 25.0 Å². The molecule has 4 rings (SSSR count). The van der Waals surface area contributed by atoms with Gasteiger partial charge in [-0.2, -0.15) is 5.26 Å². The molecule has 1 unspecified atom stereocenters. The molecule has 24 heavy (non-hydrogen) atoms. The fourth-order valence-electron chi connectivity index (χ4n) is 3.63. The van der Waals surface area contributed by atoms with Crippen molar-refractivity contribution >= 4 is 0 Å². The number of benzene rings is 1. The van der Waals surface area contributed by atoms with Crippen LogP contribution in [-0.2, 0) is 6.54 Å². The average molecular weight is 325 g/mol. The van der Waals surface area contributed by atoms with Crippen molar-refractivity contribution in [3.63, 3.8) is 0 Å². The molecule has 0 radical (unpaired) electrons. The monoisotopic (exact) mass is 325 g/mol. The van der Waals surface area contributed by atoms with E-state index in [2.05, 4.69) is 25.7 Å². The number of aromatic nitrogens is 3. The Morgan fingerprint density at radius 3 is 2.96 bits per heavy atom. The second-order valence-corrected chi connectivity index (χ2v) is 6.82. The SMILES string of the molecule is N#Cc1ccc(F)cc1CN1CCCC(c2nncn2C2CC2)C1. The smallest absolute Gasteiger partial charge is 0.137 e. The predicted molar refractivity (Wildman–Crippen MR) is 86.7 cm³/mol. The summed E-state index contributed by atoms with van der Waals surface area (Å²) in [6.07, 6.45) is 6.48. The van der Waals surface area contributed by atoms with Gasteiger partial charge in [-0.3, -0.25) is 4.90 Å². The molecule has 1 aliphatic carbocycles. The summed E-state index contributed by atoms with van der Waals surface area (Å²) < 4.78 is 15.8. The van der Waals surface area contributed by atoms with Crippen LogP contribution in [0.3, 0.4) is 0 Å². The number of nitriles is 1. The average Bonchev–Trinajstić information content (AvgIpc) is 3.32. The Morgan fingerprint density at radius 1 is 1.29 bits per heavy atom. The van der Waals surface area contributed by atoms with Crippen LogP contribution in [0.4, 0.5) is 4.39 Å². The molecule has 2 fully saturated rings. The van der Waals surface area contributed by atoms with Gasteiger partial charge in [0.05, 0.1) is 11.6 Å². The zero-order valence-corrected chi connectivity index (χ0v) is 13.5. The molecule has 1 atom stereocenters. The van der Waals surface area contributed by atoms with E-state index in [0.29, 0.717) is 24.1 Å². The standard InChI is InChI=1S/C18H20FN5/c19-16-4-3-13(9-20)15(8-16)11-23-7-1-2-14(10-23)18-22-21-12-24(18)17-5-6-17/h3-4,8,12,14,17H,1-2,5-7,10-11H2. The minimum absolute atomic E-state index is 0.286. The van der Waals surface area contributed by atoms with Crippen molar-refractivity contribution in [3.05, 3.63) is 47.3 Å². The molecular weight excluding hydrogens is 305 g/mol. The Morgan fingerprint density at radius 2 is 2.17 bits per heavy atom. The maximum atomic E-state index is 13.5. The van der Waals surface area contributed by atoms with Crippen LogP contribution < -0.4 is 0 Å². The zero-order chi connectivity index (χ0) is 16.5. The molecular formula is C18H20FN5. The minimum Gasteiger partial charge on any atom is -0.314 e. The van der Waals surface area contributed by atoms with E-state index in [1.807, 2.05) is 6.33 Å². The van der Waals surface area contributed by atoms with Gasteiger partial charge in [0.25, 0.3) is 0 Å². The lowest BCUT2D eigenvalue weighted by atomic mass is 9.96. The number of hydrogen-bond donors (Lipinski definition) is 0. The van der Waals surface area contributed by atoms with E-state index >= 15 is 0 Å². The molecule has 0 spiro atoms. The van der Waals surface area contributed by atoms with E-state index in [4.69, 9.17) is 0 Å². The van der Waals surface area contributed by atoms with Crippen LogP contribution in [0.2, 0.25) is 0 Å². The molecule has 2 aromatic rings. The second-order valence-electron chi connectivity index (χ2n) is 6.82. The molecule has 2 aliphatic rings. The number of rotatable bonds is 4. The number of nitrogens with zero attached hydrogens (tertiary/aromatic N) is 5. The second kappa shape index (κ2) is 6.33.